The highest BCUT2D eigenvalue weighted by Crippen LogP contribution is 2.35. The summed E-state index contributed by atoms with van der Waals surface area (Å²) in [6.07, 6.45) is 9.29. The number of nitrogens with one attached hydrogen (secondary N) is 1. The first-order valence-corrected chi connectivity index (χ1v) is 7.95. The number of hydrogen-bond acceptors (Lipinski definition) is 3. The van der Waals surface area contributed by atoms with Crippen molar-refractivity contribution in [2.45, 2.75) is 58.2 Å². The number of aryl methyl sites for hydroxylation is 1. The van der Waals surface area contributed by atoms with Gasteiger partial charge in [-0.05, 0) is 39.8 Å². The van der Waals surface area contributed by atoms with E-state index in [9.17, 15) is 0 Å². The second kappa shape index (κ2) is 6.72. The predicted octanol–water partition coefficient (Wildman–Crippen LogP) is 2.50. The van der Waals surface area contributed by atoms with Gasteiger partial charge in [0.2, 0.25) is 0 Å². The van der Waals surface area contributed by atoms with Gasteiger partial charge in [0.05, 0.1) is 6.54 Å². The average molecular weight is 278 g/mol. The van der Waals surface area contributed by atoms with E-state index < -0.39 is 0 Å². The van der Waals surface area contributed by atoms with Crippen LogP contribution in [0, 0.1) is 5.92 Å². The van der Waals surface area contributed by atoms with Crippen LogP contribution in [0.4, 0.5) is 0 Å². The summed E-state index contributed by atoms with van der Waals surface area (Å²) in [6, 6.07) is 0. The Bertz CT molecular complexity index is 412. The zero-order valence-electron chi connectivity index (χ0n) is 13.5. The second-order valence-electron chi connectivity index (χ2n) is 6.55. The fourth-order valence-corrected chi connectivity index (χ4v) is 3.56. The summed E-state index contributed by atoms with van der Waals surface area (Å²) in [4.78, 5) is 6.87. The van der Waals surface area contributed by atoms with Crippen LogP contribution in [0.5, 0.6) is 0 Å². The Morgan fingerprint density at radius 3 is 2.95 bits per heavy atom. The zero-order chi connectivity index (χ0) is 14.6. The fraction of sp³-hybridized carbons (Fsp3) is 0.812. The largest absolute Gasteiger partial charge is 0.334 e. The normalized spacial score (nSPS) is 27.1. The minimum atomic E-state index is 0.321. The zero-order valence-corrected chi connectivity index (χ0v) is 13.5. The number of aromatic nitrogens is 2. The molecule has 1 aliphatic carbocycles. The van der Waals surface area contributed by atoms with Gasteiger partial charge in [0, 0.05) is 31.0 Å². The minimum absolute atomic E-state index is 0.321. The average Bonchev–Trinajstić information content (AvgIpc) is 2.86. The van der Waals surface area contributed by atoms with Gasteiger partial charge in [-0.3, -0.25) is 0 Å². The fourth-order valence-electron chi connectivity index (χ4n) is 3.56. The Labute approximate surface area is 123 Å². The number of rotatable bonds is 6. The molecule has 1 N–H and O–H groups in total. The van der Waals surface area contributed by atoms with Crippen molar-refractivity contribution >= 4 is 0 Å². The molecule has 4 nitrogen and oxygen atoms in total. The quantitative estimate of drug-likeness (QED) is 0.868. The molecule has 1 fully saturated rings. The van der Waals surface area contributed by atoms with Gasteiger partial charge < -0.3 is 14.8 Å². The summed E-state index contributed by atoms with van der Waals surface area (Å²) in [5.74, 6) is 1.98. The number of nitrogens with zero attached hydrogens (tertiary/aromatic N) is 3. The lowest BCUT2D eigenvalue weighted by atomic mass is 9.75. The maximum Gasteiger partial charge on any atom is 0.122 e. The Hall–Kier alpha value is -0.870. The Kier molecular flexibility index (Phi) is 5.22. The molecular formula is C16H30N4. The molecular weight excluding hydrogens is 248 g/mol. The summed E-state index contributed by atoms with van der Waals surface area (Å²) in [5, 5.41) is 3.65. The topological polar surface area (TPSA) is 33.1 Å². The van der Waals surface area contributed by atoms with Crippen LogP contribution in [-0.2, 0) is 13.1 Å². The molecule has 2 rings (SSSR count). The summed E-state index contributed by atoms with van der Waals surface area (Å²) in [6.45, 7) is 7.47. The van der Waals surface area contributed by atoms with Crippen molar-refractivity contribution in [3.05, 3.63) is 18.2 Å². The SMILES string of the molecule is CCn1ccnc1CNCC1(N(C)C)CCCC(C)C1. The van der Waals surface area contributed by atoms with Gasteiger partial charge in [-0.15, -0.1) is 0 Å². The van der Waals surface area contributed by atoms with E-state index in [1.807, 2.05) is 6.20 Å². The molecule has 0 bridgehead atoms. The third-order valence-corrected chi connectivity index (χ3v) is 4.90. The number of imidazole rings is 1. The van der Waals surface area contributed by atoms with Crippen LogP contribution in [0.25, 0.3) is 0 Å². The van der Waals surface area contributed by atoms with E-state index >= 15 is 0 Å². The van der Waals surface area contributed by atoms with Crippen molar-refractivity contribution in [2.24, 2.45) is 5.92 Å². The molecule has 0 amide bonds. The van der Waals surface area contributed by atoms with Crippen molar-refractivity contribution in [3.63, 3.8) is 0 Å². The van der Waals surface area contributed by atoms with E-state index in [1.54, 1.807) is 0 Å². The molecule has 0 aromatic carbocycles. The smallest absolute Gasteiger partial charge is 0.122 e. The second-order valence-corrected chi connectivity index (χ2v) is 6.55. The van der Waals surface area contributed by atoms with E-state index in [4.69, 9.17) is 0 Å². The summed E-state index contributed by atoms with van der Waals surface area (Å²) in [5.41, 5.74) is 0.321. The molecule has 2 unspecified atom stereocenters. The molecule has 1 aliphatic rings. The lowest BCUT2D eigenvalue weighted by molar-refractivity contribution is 0.0747. The lowest BCUT2D eigenvalue weighted by Crippen LogP contribution is -2.54. The number of hydrogen-bond donors (Lipinski definition) is 1. The summed E-state index contributed by atoms with van der Waals surface area (Å²) in [7, 11) is 4.46. The van der Waals surface area contributed by atoms with E-state index in [2.05, 4.69) is 53.9 Å². The van der Waals surface area contributed by atoms with Crippen LogP contribution in [0.15, 0.2) is 12.4 Å². The van der Waals surface area contributed by atoms with Gasteiger partial charge in [0.25, 0.3) is 0 Å². The first kappa shape index (κ1) is 15.5. The molecule has 0 saturated heterocycles. The molecule has 114 valence electrons. The molecule has 4 heteroatoms. The van der Waals surface area contributed by atoms with Gasteiger partial charge in [-0.1, -0.05) is 19.8 Å². The molecule has 2 atom stereocenters. The highest BCUT2D eigenvalue weighted by atomic mass is 15.2. The van der Waals surface area contributed by atoms with Crippen LogP contribution >= 0.6 is 0 Å². The molecule has 0 spiro atoms. The highest BCUT2D eigenvalue weighted by molar-refractivity contribution is 4.97. The van der Waals surface area contributed by atoms with Crippen LogP contribution in [0.1, 0.15) is 45.4 Å². The number of likely N-dealkylation sites (N-methyl/N-ethyl adjacent to an activating group) is 1. The van der Waals surface area contributed by atoms with Crippen molar-refractivity contribution in [1.82, 2.24) is 19.8 Å². The summed E-state index contributed by atoms with van der Waals surface area (Å²) < 4.78 is 2.21. The van der Waals surface area contributed by atoms with Crippen molar-refractivity contribution in [3.8, 4) is 0 Å². The van der Waals surface area contributed by atoms with Crippen LogP contribution in [-0.4, -0.2) is 40.6 Å². The maximum absolute atomic E-state index is 4.44. The van der Waals surface area contributed by atoms with E-state index in [0.29, 0.717) is 5.54 Å². The molecule has 0 aliphatic heterocycles. The monoisotopic (exact) mass is 278 g/mol. The van der Waals surface area contributed by atoms with Crippen LogP contribution in [0.2, 0.25) is 0 Å². The third kappa shape index (κ3) is 3.41. The first-order valence-electron chi connectivity index (χ1n) is 7.95. The highest BCUT2D eigenvalue weighted by Gasteiger charge is 2.36. The van der Waals surface area contributed by atoms with Crippen LogP contribution < -0.4 is 5.32 Å². The van der Waals surface area contributed by atoms with E-state index in [1.165, 1.54) is 25.7 Å². The van der Waals surface area contributed by atoms with E-state index in [0.717, 1.165) is 31.4 Å². The van der Waals surface area contributed by atoms with Crippen molar-refractivity contribution < 1.29 is 0 Å². The van der Waals surface area contributed by atoms with E-state index in [-0.39, 0.29) is 0 Å². The molecule has 1 aromatic rings. The van der Waals surface area contributed by atoms with Gasteiger partial charge in [0.1, 0.15) is 5.82 Å². The Morgan fingerprint density at radius 1 is 1.50 bits per heavy atom. The maximum atomic E-state index is 4.44. The Morgan fingerprint density at radius 2 is 2.30 bits per heavy atom. The molecule has 1 saturated carbocycles. The molecule has 20 heavy (non-hydrogen) atoms. The van der Waals surface area contributed by atoms with Gasteiger partial charge in [0.15, 0.2) is 0 Å². The molecule has 0 radical (unpaired) electrons. The van der Waals surface area contributed by atoms with Gasteiger partial charge >= 0.3 is 0 Å². The molecule has 1 aromatic heterocycles. The lowest BCUT2D eigenvalue weighted by Gasteiger charge is -2.45. The summed E-state index contributed by atoms with van der Waals surface area (Å²) >= 11 is 0. The third-order valence-electron chi connectivity index (χ3n) is 4.90. The molecule has 1 heterocycles. The van der Waals surface area contributed by atoms with Crippen molar-refractivity contribution in [1.29, 1.82) is 0 Å². The van der Waals surface area contributed by atoms with Gasteiger partial charge in [-0.2, -0.15) is 0 Å². The van der Waals surface area contributed by atoms with Crippen molar-refractivity contribution in [2.75, 3.05) is 20.6 Å². The first-order chi connectivity index (χ1) is 9.57. The standard InChI is InChI=1S/C16H30N4/c1-5-20-10-9-18-15(20)12-17-13-16(19(3)4)8-6-7-14(2)11-16/h9-10,14,17H,5-8,11-13H2,1-4H3. The minimum Gasteiger partial charge on any atom is -0.334 e. The van der Waals surface area contributed by atoms with Gasteiger partial charge in [-0.25, -0.2) is 4.98 Å². The predicted molar refractivity (Wildman–Crippen MR) is 83.7 cm³/mol. The van der Waals surface area contributed by atoms with Crippen LogP contribution in [0.3, 0.4) is 0 Å². The Balaban J connectivity index is 1.93.